The summed E-state index contributed by atoms with van der Waals surface area (Å²) in [5.41, 5.74) is 0.905. The highest BCUT2D eigenvalue weighted by atomic mass is 35.5. The van der Waals surface area contributed by atoms with Crippen molar-refractivity contribution >= 4 is 22.9 Å². The summed E-state index contributed by atoms with van der Waals surface area (Å²) in [6.45, 7) is 0.756. The van der Waals surface area contributed by atoms with Crippen LogP contribution in [0.2, 0.25) is 5.02 Å². The van der Waals surface area contributed by atoms with Gasteiger partial charge in [-0.05, 0) is 24.8 Å². The van der Waals surface area contributed by atoms with Crippen molar-refractivity contribution in [1.29, 1.82) is 0 Å². The van der Waals surface area contributed by atoms with E-state index < -0.39 is 6.10 Å². The molecule has 2 N–H and O–H groups in total. The molecule has 0 bridgehead atoms. The van der Waals surface area contributed by atoms with Gasteiger partial charge in [-0.3, -0.25) is 4.68 Å². The zero-order chi connectivity index (χ0) is 15.8. The van der Waals surface area contributed by atoms with Gasteiger partial charge in [-0.2, -0.15) is 10.2 Å². The standard InChI is InChI=1S/C15H17ClN6O/c16-11-7-19-21(9-11)8-10-5-12(14(23)6-10)20-15-13-1-2-18-22(13)4-3-17-15/h1-4,7,9-10,12,14,23H,5-6,8H2,(H,17,20)/t10?,12-,14-/m1/s1. The fourth-order valence-corrected chi connectivity index (χ4v) is 3.43. The lowest BCUT2D eigenvalue weighted by molar-refractivity contribution is 0.166. The van der Waals surface area contributed by atoms with Gasteiger partial charge in [-0.25, -0.2) is 9.50 Å². The Hall–Kier alpha value is -2.12. The van der Waals surface area contributed by atoms with Gasteiger partial charge in [-0.15, -0.1) is 0 Å². The van der Waals surface area contributed by atoms with E-state index in [4.69, 9.17) is 11.6 Å². The highest BCUT2D eigenvalue weighted by Crippen LogP contribution is 2.30. The minimum Gasteiger partial charge on any atom is -0.391 e. The number of hydrogen-bond acceptors (Lipinski definition) is 5. The number of aromatic nitrogens is 5. The van der Waals surface area contributed by atoms with Gasteiger partial charge >= 0.3 is 0 Å². The van der Waals surface area contributed by atoms with E-state index in [-0.39, 0.29) is 6.04 Å². The van der Waals surface area contributed by atoms with Crippen molar-refractivity contribution in [2.75, 3.05) is 5.32 Å². The first-order valence-corrected chi connectivity index (χ1v) is 7.98. The first-order chi connectivity index (χ1) is 11.2. The van der Waals surface area contributed by atoms with Crippen molar-refractivity contribution in [3.05, 3.63) is 42.1 Å². The Morgan fingerprint density at radius 1 is 1.30 bits per heavy atom. The lowest BCUT2D eigenvalue weighted by atomic mass is 10.1. The molecule has 1 saturated carbocycles. The molecule has 1 unspecified atom stereocenters. The first-order valence-electron chi connectivity index (χ1n) is 7.60. The predicted molar refractivity (Wildman–Crippen MR) is 86.4 cm³/mol. The summed E-state index contributed by atoms with van der Waals surface area (Å²) < 4.78 is 3.60. The van der Waals surface area contributed by atoms with E-state index in [1.54, 1.807) is 29.3 Å². The largest absolute Gasteiger partial charge is 0.391 e. The third kappa shape index (κ3) is 2.89. The summed E-state index contributed by atoms with van der Waals surface area (Å²) >= 11 is 5.89. The van der Waals surface area contributed by atoms with Gasteiger partial charge in [0.2, 0.25) is 0 Å². The van der Waals surface area contributed by atoms with Crippen molar-refractivity contribution in [2.24, 2.45) is 5.92 Å². The predicted octanol–water partition coefficient (Wildman–Crippen LogP) is 1.83. The number of rotatable bonds is 4. The van der Waals surface area contributed by atoms with Gasteiger partial charge in [0.25, 0.3) is 0 Å². The van der Waals surface area contributed by atoms with Crippen LogP contribution in [0, 0.1) is 5.92 Å². The number of anilines is 1. The lowest BCUT2D eigenvalue weighted by Crippen LogP contribution is -2.28. The summed E-state index contributed by atoms with van der Waals surface area (Å²) in [6, 6.07) is 1.87. The summed E-state index contributed by atoms with van der Waals surface area (Å²) in [7, 11) is 0. The second-order valence-corrected chi connectivity index (χ2v) is 6.41. The van der Waals surface area contributed by atoms with E-state index >= 15 is 0 Å². The summed E-state index contributed by atoms with van der Waals surface area (Å²) in [5, 5.41) is 22.8. The van der Waals surface area contributed by atoms with E-state index in [9.17, 15) is 5.11 Å². The van der Waals surface area contributed by atoms with Crippen LogP contribution in [-0.4, -0.2) is 41.6 Å². The third-order valence-electron chi connectivity index (χ3n) is 4.32. The van der Waals surface area contributed by atoms with Crippen LogP contribution in [0.25, 0.3) is 5.52 Å². The number of aliphatic hydroxyl groups excluding tert-OH is 1. The molecule has 0 aliphatic heterocycles. The number of nitrogens with one attached hydrogen (secondary N) is 1. The molecular formula is C15H17ClN6O. The SMILES string of the molecule is O[C@@H]1CC(Cn2cc(Cl)cn2)C[C@H]1Nc1nccn2nccc12. The van der Waals surface area contributed by atoms with Crippen molar-refractivity contribution < 1.29 is 5.11 Å². The number of aliphatic hydroxyl groups is 1. The highest BCUT2D eigenvalue weighted by molar-refractivity contribution is 6.30. The fourth-order valence-electron chi connectivity index (χ4n) is 3.27. The van der Waals surface area contributed by atoms with Gasteiger partial charge in [0, 0.05) is 25.1 Å². The number of fused-ring (bicyclic) bond motifs is 1. The molecule has 23 heavy (non-hydrogen) atoms. The van der Waals surface area contributed by atoms with E-state index in [1.807, 2.05) is 16.9 Å². The second kappa shape index (κ2) is 5.82. The van der Waals surface area contributed by atoms with Crippen LogP contribution in [0.1, 0.15) is 12.8 Å². The van der Waals surface area contributed by atoms with Crippen LogP contribution in [-0.2, 0) is 6.54 Å². The van der Waals surface area contributed by atoms with Gasteiger partial charge in [0.1, 0.15) is 5.52 Å². The second-order valence-electron chi connectivity index (χ2n) is 5.97. The van der Waals surface area contributed by atoms with Crippen LogP contribution < -0.4 is 5.32 Å². The first kappa shape index (κ1) is 14.5. The Morgan fingerprint density at radius 3 is 3.04 bits per heavy atom. The average molecular weight is 333 g/mol. The Bertz CT molecular complexity index is 815. The number of halogens is 1. The summed E-state index contributed by atoms with van der Waals surface area (Å²) in [6.07, 6.45) is 9.86. The quantitative estimate of drug-likeness (QED) is 0.762. The van der Waals surface area contributed by atoms with Gasteiger partial charge in [0.15, 0.2) is 5.82 Å². The molecule has 0 amide bonds. The smallest absolute Gasteiger partial charge is 0.152 e. The van der Waals surface area contributed by atoms with Gasteiger partial charge in [0.05, 0.1) is 29.6 Å². The Balaban J connectivity index is 1.46. The van der Waals surface area contributed by atoms with Crippen LogP contribution in [0.4, 0.5) is 5.82 Å². The van der Waals surface area contributed by atoms with E-state index in [1.165, 1.54) is 0 Å². The molecule has 1 aliphatic rings. The molecule has 0 spiro atoms. The van der Waals surface area contributed by atoms with Crippen molar-refractivity contribution in [1.82, 2.24) is 24.4 Å². The number of hydrogen-bond donors (Lipinski definition) is 2. The van der Waals surface area contributed by atoms with Crippen molar-refractivity contribution in [3.8, 4) is 0 Å². The van der Waals surface area contributed by atoms with Crippen molar-refractivity contribution in [3.63, 3.8) is 0 Å². The molecule has 7 nitrogen and oxygen atoms in total. The Labute approximate surface area is 137 Å². The average Bonchev–Trinajstić information content (AvgIpc) is 3.22. The Morgan fingerprint density at radius 2 is 2.22 bits per heavy atom. The molecule has 120 valence electrons. The summed E-state index contributed by atoms with van der Waals surface area (Å²) in [5.74, 6) is 1.10. The van der Waals surface area contributed by atoms with Crippen LogP contribution in [0.15, 0.2) is 37.1 Å². The van der Waals surface area contributed by atoms with Crippen LogP contribution >= 0.6 is 11.6 Å². The molecule has 0 aromatic carbocycles. The summed E-state index contributed by atoms with van der Waals surface area (Å²) in [4.78, 5) is 4.37. The Kier molecular flexibility index (Phi) is 3.66. The van der Waals surface area contributed by atoms with E-state index in [2.05, 4.69) is 20.5 Å². The van der Waals surface area contributed by atoms with Gasteiger partial charge < -0.3 is 10.4 Å². The lowest BCUT2D eigenvalue weighted by Gasteiger charge is -2.17. The maximum absolute atomic E-state index is 10.4. The molecule has 3 aromatic heterocycles. The molecular weight excluding hydrogens is 316 g/mol. The number of nitrogens with zero attached hydrogens (tertiary/aromatic N) is 5. The minimum atomic E-state index is -0.406. The molecule has 3 aromatic rings. The molecule has 8 heteroatoms. The molecule has 3 atom stereocenters. The molecule has 0 saturated heterocycles. The topological polar surface area (TPSA) is 80.3 Å². The fraction of sp³-hybridized carbons (Fsp3) is 0.400. The van der Waals surface area contributed by atoms with Gasteiger partial charge in [-0.1, -0.05) is 11.6 Å². The molecule has 1 fully saturated rings. The zero-order valence-electron chi connectivity index (χ0n) is 12.4. The zero-order valence-corrected chi connectivity index (χ0v) is 13.1. The third-order valence-corrected chi connectivity index (χ3v) is 4.52. The molecule has 4 rings (SSSR count). The normalized spacial score (nSPS) is 24.3. The maximum atomic E-state index is 10.4. The minimum absolute atomic E-state index is 0.0281. The van der Waals surface area contributed by atoms with Crippen LogP contribution in [0.3, 0.4) is 0 Å². The van der Waals surface area contributed by atoms with Crippen LogP contribution in [0.5, 0.6) is 0 Å². The maximum Gasteiger partial charge on any atom is 0.152 e. The molecule has 0 radical (unpaired) electrons. The molecule has 3 heterocycles. The molecule has 1 aliphatic carbocycles. The monoisotopic (exact) mass is 332 g/mol. The van der Waals surface area contributed by atoms with E-state index in [0.717, 1.165) is 30.7 Å². The highest BCUT2D eigenvalue weighted by Gasteiger charge is 2.33. The van der Waals surface area contributed by atoms with Crippen molar-refractivity contribution in [2.45, 2.75) is 31.5 Å². The van der Waals surface area contributed by atoms with E-state index in [0.29, 0.717) is 10.9 Å².